The van der Waals surface area contributed by atoms with Crippen molar-refractivity contribution in [1.29, 1.82) is 0 Å². The van der Waals surface area contributed by atoms with Crippen LogP contribution in [0.2, 0.25) is 0 Å². The van der Waals surface area contributed by atoms with Crippen LogP contribution in [0.3, 0.4) is 0 Å². The van der Waals surface area contributed by atoms with E-state index < -0.39 is 22.5 Å². The van der Waals surface area contributed by atoms with Crippen LogP contribution in [0.5, 0.6) is 5.75 Å². The molecule has 8 nitrogen and oxygen atoms in total. The molecule has 0 unspecified atom stereocenters. The number of carbonyl (C=O) groups excluding carboxylic acids is 1. The highest BCUT2D eigenvalue weighted by Crippen LogP contribution is 2.34. The summed E-state index contributed by atoms with van der Waals surface area (Å²) in [5.74, 6) is -0.195. The third kappa shape index (κ3) is 5.78. The van der Waals surface area contributed by atoms with Crippen molar-refractivity contribution in [1.82, 2.24) is 10.2 Å². The molecule has 3 aromatic rings. The molecule has 0 fully saturated rings. The van der Waals surface area contributed by atoms with Crippen molar-refractivity contribution < 1.29 is 17.9 Å². The fraction of sp³-hybridized carbons (Fsp3) is 0.286. The fourth-order valence-electron chi connectivity index (χ4n) is 2.81. The minimum Gasteiger partial charge on any atom is -0.495 e. The summed E-state index contributed by atoms with van der Waals surface area (Å²) >= 11 is 2.78. The highest BCUT2D eigenvalue weighted by atomic mass is 32.2. The molecule has 3 rings (SSSR count). The van der Waals surface area contributed by atoms with E-state index in [1.54, 1.807) is 30.3 Å². The zero-order valence-electron chi connectivity index (χ0n) is 18.1. The molecular weight excluding hydrogens is 468 g/mol. The molecule has 1 N–H and O–H groups in total. The molecule has 170 valence electrons. The zero-order chi connectivity index (χ0) is 23.3. The number of ether oxygens (including phenoxy) is 1. The molecule has 0 radical (unpaired) electrons. The smallest absolute Gasteiger partial charge is 0.264 e. The molecule has 2 aromatic carbocycles. The lowest BCUT2D eigenvalue weighted by atomic mass is 10.2. The van der Waals surface area contributed by atoms with Gasteiger partial charge in [-0.1, -0.05) is 61.2 Å². The Morgan fingerprint density at radius 3 is 2.56 bits per heavy atom. The number of sulfonamides is 1. The zero-order valence-corrected chi connectivity index (χ0v) is 20.6. The predicted octanol–water partition coefficient (Wildman–Crippen LogP) is 4.19. The van der Waals surface area contributed by atoms with Gasteiger partial charge in [-0.25, -0.2) is 8.42 Å². The summed E-state index contributed by atoms with van der Waals surface area (Å²) in [5, 5.41) is 11.3. The summed E-state index contributed by atoms with van der Waals surface area (Å²) in [7, 11) is -2.59. The molecule has 0 aliphatic carbocycles. The molecule has 0 atom stereocenters. The summed E-state index contributed by atoms with van der Waals surface area (Å²) < 4.78 is 34.1. The second-order valence-electron chi connectivity index (χ2n) is 7.09. The standard InChI is InChI=1S/C21H24N4O4S3/c1-14(2)30-21-24-23-20(31-21)22-19(26)13-25(17-12-15(3)10-11-18(17)29-4)32(27,28)16-8-6-5-7-9-16/h5-12,14H,13H2,1-4H3,(H,22,23,26). The maximum absolute atomic E-state index is 13.5. The van der Waals surface area contributed by atoms with Gasteiger partial charge in [-0.3, -0.25) is 14.4 Å². The molecule has 11 heteroatoms. The van der Waals surface area contributed by atoms with E-state index in [0.29, 0.717) is 16.1 Å². The first kappa shape index (κ1) is 24.0. The topological polar surface area (TPSA) is 101 Å². The Hall–Kier alpha value is -2.63. The van der Waals surface area contributed by atoms with Crippen LogP contribution in [-0.4, -0.2) is 43.4 Å². The Labute approximate surface area is 196 Å². The number of rotatable bonds is 9. The Kier molecular flexibility index (Phi) is 7.75. The van der Waals surface area contributed by atoms with Crippen LogP contribution in [0, 0.1) is 6.92 Å². The largest absolute Gasteiger partial charge is 0.495 e. The Morgan fingerprint density at radius 2 is 1.91 bits per heavy atom. The van der Waals surface area contributed by atoms with E-state index in [2.05, 4.69) is 15.5 Å². The van der Waals surface area contributed by atoms with E-state index in [0.717, 1.165) is 14.2 Å². The number of methoxy groups -OCH3 is 1. The second-order valence-corrected chi connectivity index (χ2v) is 11.8. The molecule has 1 aromatic heterocycles. The first-order valence-electron chi connectivity index (χ1n) is 9.73. The van der Waals surface area contributed by atoms with Gasteiger partial charge in [-0.2, -0.15) is 0 Å². The van der Waals surface area contributed by atoms with Gasteiger partial charge < -0.3 is 4.74 Å². The summed E-state index contributed by atoms with van der Waals surface area (Å²) in [6.07, 6.45) is 0. The Morgan fingerprint density at radius 1 is 1.19 bits per heavy atom. The molecule has 32 heavy (non-hydrogen) atoms. The minimum absolute atomic E-state index is 0.0721. The monoisotopic (exact) mass is 492 g/mol. The molecule has 0 aliphatic rings. The minimum atomic E-state index is -4.05. The molecular formula is C21H24N4O4S3. The number of hydrogen-bond acceptors (Lipinski definition) is 8. The molecule has 1 heterocycles. The fourth-order valence-corrected chi connectivity index (χ4v) is 6.25. The molecule has 0 saturated carbocycles. The number of nitrogens with zero attached hydrogens (tertiary/aromatic N) is 3. The van der Waals surface area contributed by atoms with Gasteiger partial charge in [0.25, 0.3) is 10.0 Å². The van der Waals surface area contributed by atoms with Gasteiger partial charge in [0.15, 0.2) is 4.34 Å². The molecule has 0 spiro atoms. The van der Waals surface area contributed by atoms with Crippen LogP contribution in [0.1, 0.15) is 19.4 Å². The van der Waals surface area contributed by atoms with Crippen molar-refractivity contribution in [3.05, 3.63) is 54.1 Å². The average Bonchev–Trinajstić information content (AvgIpc) is 3.18. The molecule has 0 bridgehead atoms. The third-order valence-electron chi connectivity index (χ3n) is 4.21. The van der Waals surface area contributed by atoms with Gasteiger partial charge in [-0.15, -0.1) is 10.2 Å². The number of nitrogens with one attached hydrogen (secondary N) is 1. The number of carbonyl (C=O) groups is 1. The van der Waals surface area contributed by atoms with Gasteiger partial charge in [0.05, 0.1) is 17.7 Å². The first-order chi connectivity index (χ1) is 15.2. The van der Waals surface area contributed by atoms with Gasteiger partial charge in [0.2, 0.25) is 11.0 Å². The van der Waals surface area contributed by atoms with Gasteiger partial charge >= 0.3 is 0 Å². The molecule has 0 aliphatic heterocycles. The van der Waals surface area contributed by atoms with Crippen LogP contribution < -0.4 is 14.4 Å². The number of thioether (sulfide) groups is 1. The normalized spacial score (nSPS) is 11.4. The Balaban J connectivity index is 1.94. The SMILES string of the molecule is COc1ccc(C)cc1N(CC(=O)Nc1nnc(SC(C)C)s1)S(=O)(=O)c1ccccc1. The highest BCUT2D eigenvalue weighted by molar-refractivity contribution is 8.01. The lowest BCUT2D eigenvalue weighted by molar-refractivity contribution is -0.114. The number of benzene rings is 2. The number of aryl methyl sites for hydroxylation is 1. The van der Waals surface area contributed by atoms with Crippen LogP contribution in [0.4, 0.5) is 10.8 Å². The molecule has 1 amide bonds. The van der Waals surface area contributed by atoms with Crippen LogP contribution in [0.25, 0.3) is 0 Å². The summed E-state index contributed by atoms with van der Waals surface area (Å²) in [5.41, 5.74) is 1.11. The van der Waals surface area contributed by atoms with Gasteiger partial charge in [0.1, 0.15) is 12.3 Å². The van der Waals surface area contributed by atoms with Gasteiger partial charge in [0, 0.05) is 5.25 Å². The second kappa shape index (κ2) is 10.3. The van der Waals surface area contributed by atoms with Crippen molar-refractivity contribution in [2.24, 2.45) is 0 Å². The maximum atomic E-state index is 13.5. The van der Waals surface area contributed by atoms with E-state index in [9.17, 15) is 13.2 Å². The van der Waals surface area contributed by atoms with E-state index >= 15 is 0 Å². The van der Waals surface area contributed by atoms with Gasteiger partial charge in [-0.05, 0) is 36.8 Å². The lowest BCUT2D eigenvalue weighted by Gasteiger charge is -2.25. The number of hydrogen-bond donors (Lipinski definition) is 1. The van der Waals surface area contributed by atoms with Crippen molar-refractivity contribution >= 4 is 49.8 Å². The number of anilines is 2. The van der Waals surface area contributed by atoms with E-state index in [1.807, 2.05) is 26.8 Å². The highest BCUT2D eigenvalue weighted by Gasteiger charge is 2.29. The number of amides is 1. The van der Waals surface area contributed by atoms with Crippen LogP contribution in [-0.2, 0) is 14.8 Å². The van der Waals surface area contributed by atoms with E-state index in [4.69, 9.17) is 4.74 Å². The maximum Gasteiger partial charge on any atom is 0.264 e. The van der Waals surface area contributed by atoms with Crippen molar-refractivity contribution in [2.75, 3.05) is 23.3 Å². The van der Waals surface area contributed by atoms with Crippen molar-refractivity contribution in [3.63, 3.8) is 0 Å². The Bertz CT molecular complexity index is 1180. The van der Waals surface area contributed by atoms with Crippen LogP contribution in [0.15, 0.2) is 57.8 Å². The summed E-state index contributed by atoms with van der Waals surface area (Å²) in [4.78, 5) is 12.9. The van der Waals surface area contributed by atoms with E-state index in [-0.39, 0.29) is 10.6 Å². The van der Waals surface area contributed by atoms with Crippen molar-refractivity contribution in [3.8, 4) is 5.75 Å². The molecule has 0 saturated heterocycles. The average molecular weight is 493 g/mol. The van der Waals surface area contributed by atoms with Crippen molar-refractivity contribution in [2.45, 2.75) is 35.3 Å². The first-order valence-corrected chi connectivity index (χ1v) is 12.9. The quantitative estimate of drug-likeness (QED) is 0.353. The predicted molar refractivity (Wildman–Crippen MR) is 128 cm³/mol. The lowest BCUT2D eigenvalue weighted by Crippen LogP contribution is -2.38. The third-order valence-corrected chi connectivity index (χ3v) is 7.91. The van der Waals surface area contributed by atoms with Crippen LogP contribution >= 0.6 is 23.1 Å². The summed E-state index contributed by atoms with van der Waals surface area (Å²) in [6, 6.07) is 13.1. The number of aromatic nitrogens is 2. The van der Waals surface area contributed by atoms with E-state index in [1.165, 1.54) is 42.3 Å². The summed E-state index contributed by atoms with van der Waals surface area (Å²) in [6.45, 7) is 5.45.